The van der Waals surface area contributed by atoms with Crippen LogP contribution < -0.4 is 5.32 Å². The first kappa shape index (κ1) is 9.55. The molecule has 0 radical (unpaired) electrons. The lowest BCUT2D eigenvalue weighted by molar-refractivity contribution is 0.0775. The van der Waals surface area contributed by atoms with Crippen LogP contribution in [0.5, 0.6) is 0 Å². The number of hydrogen-bond acceptors (Lipinski definition) is 4. The topological polar surface area (TPSA) is 47.0 Å². The fourth-order valence-electron chi connectivity index (χ4n) is 1.58. The zero-order chi connectivity index (χ0) is 9.64. The molecule has 1 aliphatic rings. The first-order chi connectivity index (χ1) is 6.95. The monoisotopic (exact) mass is 193 g/mol. The standard InChI is InChI=1S/C10H15N3O/c1-2-10(13-12-5-1)8-11-9-3-6-14-7-4-9/h1-2,5,9,11H,3-4,6-8H2. The summed E-state index contributed by atoms with van der Waals surface area (Å²) in [6.45, 7) is 2.55. The Bertz CT molecular complexity index is 259. The highest BCUT2D eigenvalue weighted by Gasteiger charge is 2.12. The molecule has 1 saturated heterocycles. The highest BCUT2D eigenvalue weighted by Crippen LogP contribution is 2.06. The van der Waals surface area contributed by atoms with Gasteiger partial charge < -0.3 is 10.1 Å². The van der Waals surface area contributed by atoms with E-state index in [1.807, 2.05) is 12.1 Å². The van der Waals surface area contributed by atoms with E-state index in [1.54, 1.807) is 6.20 Å². The lowest BCUT2D eigenvalue weighted by atomic mass is 10.1. The Balaban J connectivity index is 1.76. The fraction of sp³-hybridized carbons (Fsp3) is 0.600. The smallest absolute Gasteiger partial charge is 0.0769 e. The molecule has 2 rings (SSSR count). The third-order valence-electron chi connectivity index (χ3n) is 2.42. The third-order valence-corrected chi connectivity index (χ3v) is 2.42. The van der Waals surface area contributed by atoms with Gasteiger partial charge in [0.25, 0.3) is 0 Å². The summed E-state index contributed by atoms with van der Waals surface area (Å²) in [4.78, 5) is 0. The normalized spacial score (nSPS) is 18.3. The predicted octanol–water partition coefficient (Wildman–Crippen LogP) is 0.745. The molecule has 76 valence electrons. The quantitative estimate of drug-likeness (QED) is 0.769. The number of rotatable bonds is 3. The van der Waals surface area contributed by atoms with Gasteiger partial charge in [0.15, 0.2) is 0 Å². The number of nitrogens with zero attached hydrogens (tertiary/aromatic N) is 2. The van der Waals surface area contributed by atoms with Crippen molar-refractivity contribution in [2.75, 3.05) is 13.2 Å². The SMILES string of the molecule is c1cnnc(CNC2CCOCC2)c1. The van der Waals surface area contributed by atoms with Crippen LogP contribution in [-0.4, -0.2) is 29.5 Å². The second-order valence-corrected chi connectivity index (χ2v) is 3.48. The van der Waals surface area contributed by atoms with Crippen molar-refractivity contribution in [2.24, 2.45) is 0 Å². The minimum Gasteiger partial charge on any atom is -0.381 e. The Hall–Kier alpha value is -1.00. The van der Waals surface area contributed by atoms with Crippen molar-refractivity contribution in [1.82, 2.24) is 15.5 Å². The summed E-state index contributed by atoms with van der Waals surface area (Å²) in [5.41, 5.74) is 0.999. The second-order valence-electron chi connectivity index (χ2n) is 3.48. The molecule has 0 spiro atoms. The summed E-state index contributed by atoms with van der Waals surface area (Å²) in [5.74, 6) is 0. The van der Waals surface area contributed by atoms with Gasteiger partial charge in [0, 0.05) is 32.0 Å². The van der Waals surface area contributed by atoms with Crippen molar-refractivity contribution in [3.63, 3.8) is 0 Å². The Kier molecular flexibility index (Phi) is 3.43. The number of hydrogen-bond donors (Lipinski definition) is 1. The number of ether oxygens (including phenoxy) is 1. The Morgan fingerprint density at radius 1 is 1.43 bits per heavy atom. The molecular formula is C10H15N3O. The van der Waals surface area contributed by atoms with Crippen LogP contribution in [-0.2, 0) is 11.3 Å². The van der Waals surface area contributed by atoms with Gasteiger partial charge in [0.1, 0.15) is 0 Å². The van der Waals surface area contributed by atoms with Crippen molar-refractivity contribution in [3.8, 4) is 0 Å². The zero-order valence-corrected chi connectivity index (χ0v) is 8.15. The molecule has 1 aliphatic heterocycles. The number of aromatic nitrogens is 2. The van der Waals surface area contributed by atoms with E-state index in [0.29, 0.717) is 6.04 Å². The minimum atomic E-state index is 0.575. The van der Waals surface area contributed by atoms with Gasteiger partial charge in [-0.25, -0.2) is 0 Å². The van der Waals surface area contributed by atoms with Crippen molar-refractivity contribution < 1.29 is 4.74 Å². The van der Waals surface area contributed by atoms with Crippen LogP contribution in [0, 0.1) is 0 Å². The first-order valence-corrected chi connectivity index (χ1v) is 5.03. The highest BCUT2D eigenvalue weighted by atomic mass is 16.5. The Labute approximate surface area is 83.7 Å². The van der Waals surface area contributed by atoms with E-state index in [4.69, 9.17) is 4.74 Å². The van der Waals surface area contributed by atoms with Gasteiger partial charge in [-0.05, 0) is 25.0 Å². The summed E-state index contributed by atoms with van der Waals surface area (Å²) in [7, 11) is 0. The molecule has 0 aromatic carbocycles. The molecule has 1 aromatic rings. The van der Waals surface area contributed by atoms with Crippen molar-refractivity contribution in [3.05, 3.63) is 24.0 Å². The molecule has 4 nitrogen and oxygen atoms in total. The van der Waals surface area contributed by atoms with Crippen LogP contribution in [0.4, 0.5) is 0 Å². The zero-order valence-electron chi connectivity index (χ0n) is 8.15. The van der Waals surface area contributed by atoms with Gasteiger partial charge in [0.2, 0.25) is 0 Å². The van der Waals surface area contributed by atoms with Crippen LogP contribution in [0.3, 0.4) is 0 Å². The fourth-order valence-corrected chi connectivity index (χ4v) is 1.58. The van der Waals surface area contributed by atoms with Crippen molar-refractivity contribution in [1.29, 1.82) is 0 Å². The first-order valence-electron chi connectivity index (χ1n) is 5.03. The van der Waals surface area contributed by atoms with E-state index >= 15 is 0 Å². The van der Waals surface area contributed by atoms with Gasteiger partial charge in [0.05, 0.1) is 5.69 Å². The summed E-state index contributed by atoms with van der Waals surface area (Å²) < 4.78 is 5.28. The molecule has 1 aromatic heterocycles. The van der Waals surface area contributed by atoms with E-state index in [9.17, 15) is 0 Å². The van der Waals surface area contributed by atoms with Gasteiger partial charge in [-0.15, -0.1) is 0 Å². The average molecular weight is 193 g/mol. The van der Waals surface area contributed by atoms with E-state index in [1.165, 1.54) is 0 Å². The van der Waals surface area contributed by atoms with Gasteiger partial charge in [-0.3, -0.25) is 0 Å². The van der Waals surface area contributed by atoms with Crippen LogP contribution in [0.1, 0.15) is 18.5 Å². The molecule has 0 aliphatic carbocycles. The summed E-state index contributed by atoms with van der Waals surface area (Å²) in [5, 5.41) is 11.3. The maximum Gasteiger partial charge on any atom is 0.0769 e. The summed E-state index contributed by atoms with van der Waals surface area (Å²) in [6.07, 6.45) is 3.89. The highest BCUT2D eigenvalue weighted by molar-refractivity contribution is 4.98. The third kappa shape index (κ3) is 2.75. The molecule has 1 fully saturated rings. The van der Waals surface area contributed by atoms with E-state index < -0.39 is 0 Å². The van der Waals surface area contributed by atoms with E-state index in [2.05, 4.69) is 15.5 Å². The van der Waals surface area contributed by atoms with Crippen molar-refractivity contribution >= 4 is 0 Å². The van der Waals surface area contributed by atoms with Gasteiger partial charge >= 0.3 is 0 Å². The maximum atomic E-state index is 5.28. The van der Waals surface area contributed by atoms with Crippen LogP contribution >= 0.6 is 0 Å². The van der Waals surface area contributed by atoms with Gasteiger partial charge in [-0.2, -0.15) is 10.2 Å². The Morgan fingerprint density at radius 3 is 3.00 bits per heavy atom. The number of nitrogens with one attached hydrogen (secondary N) is 1. The average Bonchev–Trinajstić information content (AvgIpc) is 2.29. The molecule has 2 heterocycles. The minimum absolute atomic E-state index is 0.575. The van der Waals surface area contributed by atoms with Crippen molar-refractivity contribution in [2.45, 2.75) is 25.4 Å². The molecule has 0 amide bonds. The lowest BCUT2D eigenvalue weighted by Gasteiger charge is -2.22. The molecule has 14 heavy (non-hydrogen) atoms. The molecule has 0 unspecified atom stereocenters. The van der Waals surface area contributed by atoms with Crippen LogP contribution in [0.25, 0.3) is 0 Å². The molecule has 4 heteroatoms. The van der Waals surface area contributed by atoms with Crippen LogP contribution in [0.2, 0.25) is 0 Å². The van der Waals surface area contributed by atoms with Gasteiger partial charge in [-0.1, -0.05) is 0 Å². The Morgan fingerprint density at radius 2 is 2.29 bits per heavy atom. The largest absolute Gasteiger partial charge is 0.381 e. The van der Waals surface area contributed by atoms with E-state index in [0.717, 1.165) is 38.3 Å². The predicted molar refractivity (Wildman–Crippen MR) is 52.7 cm³/mol. The molecule has 1 N–H and O–H groups in total. The molecule has 0 bridgehead atoms. The molecule has 0 atom stereocenters. The van der Waals surface area contributed by atoms with E-state index in [-0.39, 0.29) is 0 Å². The summed E-state index contributed by atoms with van der Waals surface area (Å²) >= 11 is 0. The lowest BCUT2D eigenvalue weighted by Crippen LogP contribution is -2.34. The maximum absolute atomic E-state index is 5.28. The molecular weight excluding hydrogens is 178 g/mol. The summed E-state index contributed by atoms with van der Waals surface area (Å²) in [6, 6.07) is 4.47. The van der Waals surface area contributed by atoms with Crippen LogP contribution in [0.15, 0.2) is 18.3 Å². The molecule has 0 saturated carbocycles. The second kappa shape index (κ2) is 5.02.